The molecule has 0 spiro atoms. The molecule has 1 aromatic heterocycles. The Morgan fingerprint density at radius 1 is 0.875 bits per heavy atom. The molecule has 4 rings (SSSR count). The predicted molar refractivity (Wildman–Crippen MR) is 194 cm³/mol. The summed E-state index contributed by atoms with van der Waals surface area (Å²) < 4.78 is 16.8. The van der Waals surface area contributed by atoms with Crippen LogP contribution in [0.1, 0.15) is 102 Å². The van der Waals surface area contributed by atoms with Crippen molar-refractivity contribution in [3.63, 3.8) is 0 Å². The number of ether oxygens (including phenoxy) is 3. The van der Waals surface area contributed by atoms with Crippen LogP contribution in [0, 0.1) is 5.41 Å². The summed E-state index contributed by atoms with van der Waals surface area (Å²) in [5.41, 5.74) is 4.50. The molecule has 8 nitrogen and oxygen atoms in total. The van der Waals surface area contributed by atoms with Crippen LogP contribution in [0.2, 0.25) is 12.1 Å². The summed E-state index contributed by atoms with van der Waals surface area (Å²) in [6.45, 7) is 21.0. The number of aromatic nitrogens is 3. The van der Waals surface area contributed by atoms with E-state index in [9.17, 15) is 9.90 Å². The maximum Gasteiger partial charge on any atom is 0.338 e. The standard InChI is InChI=1S/C39H53N3O5Si/c1-10-45-34(46-11-2)25-48-21-15-20-47-36(44)27-18-19-31-32(22-27)41-42(40-31)33-24-29(38(6,7)26-37(3,4)5)23-30(35(33)43)39(8,9)28-16-13-12-14-17-28/h12-14,16-19,22-24,34,43H,10-11,15,20-21,25-26H2,1-9H3. The molecular weight excluding hydrogens is 619 g/mol. The fourth-order valence-electron chi connectivity index (χ4n) is 6.43. The van der Waals surface area contributed by atoms with Gasteiger partial charge in [0, 0.05) is 33.7 Å². The molecule has 1 N–H and O–H groups in total. The molecule has 0 fully saturated rings. The van der Waals surface area contributed by atoms with E-state index in [1.807, 2.05) is 38.1 Å². The molecule has 0 saturated heterocycles. The lowest BCUT2D eigenvalue weighted by Gasteiger charge is -2.35. The lowest BCUT2D eigenvalue weighted by Crippen LogP contribution is -2.27. The number of hydrogen-bond donors (Lipinski definition) is 1. The topological polar surface area (TPSA) is 95.7 Å². The fraction of sp³-hybridized carbons (Fsp3) is 0.513. The molecule has 0 amide bonds. The van der Waals surface area contributed by atoms with Crippen molar-refractivity contribution < 1.29 is 24.1 Å². The van der Waals surface area contributed by atoms with Gasteiger partial charge in [-0.3, -0.25) is 0 Å². The first kappa shape index (κ1) is 37.3. The van der Waals surface area contributed by atoms with Gasteiger partial charge in [-0.05, 0) is 79.0 Å². The zero-order valence-corrected chi connectivity index (χ0v) is 31.2. The summed E-state index contributed by atoms with van der Waals surface area (Å²) in [6.07, 6.45) is 1.55. The van der Waals surface area contributed by atoms with E-state index in [1.54, 1.807) is 18.2 Å². The van der Waals surface area contributed by atoms with E-state index in [0.29, 0.717) is 51.6 Å². The van der Waals surface area contributed by atoms with Gasteiger partial charge in [0.2, 0.25) is 0 Å². The molecule has 0 saturated carbocycles. The van der Waals surface area contributed by atoms with Crippen molar-refractivity contribution >= 4 is 26.5 Å². The van der Waals surface area contributed by atoms with Crippen LogP contribution in [0.25, 0.3) is 16.7 Å². The van der Waals surface area contributed by atoms with Crippen molar-refractivity contribution in [3.05, 3.63) is 82.9 Å². The molecular formula is C39H53N3O5Si. The van der Waals surface area contributed by atoms with Crippen molar-refractivity contribution in [1.82, 2.24) is 15.0 Å². The third-order valence-electron chi connectivity index (χ3n) is 8.59. The summed E-state index contributed by atoms with van der Waals surface area (Å²) in [5, 5.41) is 21.4. The van der Waals surface area contributed by atoms with Crippen LogP contribution >= 0.6 is 0 Å². The summed E-state index contributed by atoms with van der Waals surface area (Å²) in [6, 6.07) is 21.4. The van der Waals surface area contributed by atoms with Crippen LogP contribution in [0.5, 0.6) is 5.75 Å². The number of phenolic OH excluding ortho intramolecular Hbond substituents is 1. The number of fused-ring (bicyclic) bond motifs is 1. The van der Waals surface area contributed by atoms with Gasteiger partial charge in [-0.2, -0.15) is 0 Å². The van der Waals surface area contributed by atoms with Crippen molar-refractivity contribution in [2.24, 2.45) is 5.41 Å². The molecule has 0 bridgehead atoms. The monoisotopic (exact) mass is 671 g/mol. The maximum atomic E-state index is 12.9. The summed E-state index contributed by atoms with van der Waals surface area (Å²) in [7, 11) is 0.673. The molecule has 9 heteroatoms. The van der Waals surface area contributed by atoms with E-state index >= 15 is 0 Å². The molecule has 0 aliphatic heterocycles. The SMILES string of the molecule is CCOC(C[Si]CCCOC(=O)c1ccc2nn(-c3cc(C(C)(C)CC(C)(C)C)cc(C(C)(C)c4ccccc4)c3O)nc2c1)OCC. The Morgan fingerprint density at radius 3 is 2.19 bits per heavy atom. The zero-order valence-electron chi connectivity index (χ0n) is 30.2. The third kappa shape index (κ3) is 9.33. The highest BCUT2D eigenvalue weighted by Crippen LogP contribution is 2.44. The minimum atomic E-state index is -0.494. The molecule has 258 valence electrons. The molecule has 4 aromatic rings. The number of hydrogen-bond acceptors (Lipinski definition) is 7. The molecule has 0 aliphatic rings. The van der Waals surface area contributed by atoms with Crippen LogP contribution in [0.3, 0.4) is 0 Å². The molecule has 0 unspecified atom stereocenters. The van der Waals surface area contributed by atoms with Gasteiger partial charge in [0.15, 0.2) is 6.29 Å². The van der Waals surface area contributed by atoms with Gasteiger partial charge in [-0.15, -0.1) is 15.0 Å². The number of benzene rings is 3. The number of carbonyl (C=O) groups excluding carboxylic acids is 1. The number of aromatic hydroxyl groups is 1. The number of phenols is 1. The highest BCUT2D eigenvalue weighted by molar-refractivity contribution is 6.35. The van der Waals surface area contributed by atoms with E-state index < -0.39 is 11.4 Å². The smallest absolute Gasteiger partial charge is 0.338 e. The highest BCUT2D eigenvalue weighted by Gasteiger charge is 2.34. The normalized spacial score (nSPS) is 12.6. The Balaban J connectivity index is 1.59. The average Bonchev–Trinajstić information content (AvgIpc) is 3.45. The van der Waals surface area contributed by atoms with Crippen molar-refractivity contribution in [2.75, 3.05) is 19.8 Å². The first-order valence-electron chi connectivity index (χ1n) is 17.1. The van der Waals surface area contributed by atoms with Gasteiger partial charge < -0.3 is 19.3 Å². The lowest BCUT2D eigenvalue weighted by atomic mass is 9.70. The molecule has 2 radical (unpaired) electrons. The van der Waals surface area contributed by atoms with Gasteiger partial charge in [0.25, 0.3) is 0 Å². The van der Waals surface area contributed by atoms with E-state index in [4.69, 9.17) is 24.4 Å². The second-order valence-electron chi connectivity index (χ2n) is 14.7. The maximum absolute atomic E-state index is 12.9. The second-order valence-corrected chi connectivity index (χ2v) is 16.1. The Labute approximate surface area is 289 Å². The summed E-state index contributed by atoms with van der Waals surface area (Å²) in [4.78, 5) is 14.4. The van der Waals surface area contributed by atoms with E-state index in [1.165, 1.54) is 4.80 Å². The summed E-state index contributed by atoms with van der Waals surface area (Å²) >= 11 is 0. The average molecular weight is 672 g/mol. The first-order valence-corrected chi connectivity index (χ1v) is 18.5. The fourth-order valence-corrected chi connectivity index (χ4v) is 7.50. The van der Waals surface area contributed by atoms with Crippen molar-refractivity contribution in [3.8, 4) is 11.4 Å². The van der Waals surface area contributed by atoms with Crippen LogP contribution in [-0.4, -0.2) is 61.7 Å². The summed E-state index contributed by atoms with van der Waals surface area (Å²) in [5.74, 6) is -0.259. The molecule has 1 heterocycles. The van der Waals surface area contributed by atoms with E-state index in [2.05, 4.69) is 66.7 Å². The van der Waals surface area contributed by atoms with Gasteiger partial charge in [0.1, 0.15) is 22.5 Å². The van der Waals surface area contributed by atoms with Crippen LogP contribution in [0.15, 0.2) is 60.7 Å². The predicted octanol–water partition coefficient (Wildman–Crippen LogP) is 8.65. The van der Waals surface area contributed by atoms with Gasteiger partial charge in [-0.25, -0.2) is 4.79 Å². The number of esters is 1. The minimum Gasteiger partial charge on any atom is -0.505 e. The van der Waals surface area contributed by atoms with Crippen molar-refractivity contribution in [2.45, 2.75) is 104 Å². The molecule has 0 atom stereocenters. The number of carbonyl (C=O) groups is 1. The lowest BCUT2D eigenvalue weighted by molar-refractivity contribution is -0.123. The van der Waals surface area contributed by atoms with E-state index in [0.717, 1.165) is 41.6 Å². The Kier molecular flexibility index (Phi) is 12.3. The highest BCUT2D eigenvalue weighted by atomic mass is 28.2. The Morgan fingerprint density at radius 2 is 1.54 bits per heavy atom. The van der Waals surface area contributed by atoms with Crippen LogP contribution in [0.4, 0.5) is 0 Å². The number of nitrogens with zero attached hydrogens (tertiary/aromatic N) is 3. The van der Waals surface area contributed by atoms with E-state index in [-0.39, 0.29) is 22.9 Å². The van der Waals surface area contributed by atoms with Crippen LogP contribution in [-0.2, 0) is 25.0 Å². The Hall–Kier alpha value is -3.53. The molecule has 3 aromatic carbocycles. The van der Waals surface area contributed by atoms with Crippen molar-refractivity contribution in [1.29, 1.82) is 0 Å². The van der Waals surface area contributed by atoms with Crippen LogP contribution < -0.4 is 0 Å². The largest absolute Gasteiger partial charge is 0.505 e. The second kappa shape index (κ2) is 15.8. The first-order chi connectivity index (χ1) is 22.7. The third-order valence-corrected chi connectivity index (χ3v) is 9.92. The molecule has 48 heavy (non-hydrogen) atoms. The quantitative estimate of drug-likeness (QED) is 0.0551. The minimum absolute atomic E-state index is 0.0942. The molecule has 0 aliphatic carbocycles. The van der Waals surface area contributed by atoms with Gasteiger partial charge >= 0.3 is 5.97 Å². The Bertz CT molecular complexity index is 1650. The van der Waals surface area contributed by atoms with Gasteiger partial charge in [0.05, 0.1) is 12.2 Å². The van der Waals surface area contributed by atoms with Gasteiger partial charge in [-0.1, -0.05) is 90.9 Å². The number of rotatable bonds is 16. The zero-order chi connectivity index (χ0) is 35.1.